The van der Waals surface area contributed by atoms with E-state index in [-0.39, 0.29) is 0 Å². The summed E-state index contributed by atoms with van der Waals surface area (Å²) >= 11 is 0. The molecule has 1 heterocycles. The van der Waals surface area contributed by atoms with Gasteiger partial charge in [0.2, 0.25) is 0 Å². The molecule has 108 valence electrons. The van der Waals surface area contributed by atoms with E-state index in [9.17, 15) is 4.79 Å². The Bertz CT molecular complexity index is 489. The van der Waals surface area contributed by atoms with Crippen LogP contribution in [0.5, 0.6) is 11.5 Å². The van der Waals surface area contributed by atoms with Crippen LogP contribution in [-0.2, 0) is 9.53 Å². The number of carbonyl (C=O) groups is 1. The van der Waals surface area contributed by atoms with Crippen LogP contribution >= 0.6 is 0 Å². The van der Waals surface area contributed by atoms with Crippen molar-refractivity contribution in [2.75, 3.05) is 26.9 Å². The van der Waals surface area contributed by atoms with E-state index < -0.39 is 5.97 Å². The van der Waals surface area contributed by atoms with Crippen molar-refractivity contribution in [1.82, 2.24) is 0 Å². The molecule has 2 rings (SSSR count). The van der Waals surface area contributed by atoms with E-state index in [0.717, 1.165) is 19.1 Å². The number of carboxylic acids is 1. The number of para-hydroxylation sites is 1. The average Bonchev–Trinajstić information content (AvgIpc) is 2.96. The van der Waals surface area contributed by atoms with Gasteiger partial charge in [-0.3, -0.25) is 0 Å². The lowest BCUT2D eigenvalue weighted by Crippen LogP contribution is -2.12. The van der Waals surface area contributed by atoms with Crippen LogP contribution in [-0.4, -0.2) is 38.0 Å². The number of methoxy groups -OCH3 is 1. The molecule has 5 heteroatoms. The lowest BCUT2D eigenvalue weighted by Gasteiger charge is -2.15. The van der Waals surface area contributed by atoms with E-state index in [4.69, 9.17) is 19.3 Å². The van der Waals surface area contributed by atoms with Crippen molar-refractivity contribution in [3.63, 3.8) is 0 Å². The Morgan fingerprint density at radius 2 is 2.40 bits per heavy atom. The van der Waals surface area contributed by atoms with E-state index in [0.29, 0.717) is 36.2 Å². The lowest BCUT2D eigenvalue weighted by atomic mass is 10.1. The van der Waals surface area contributed by atoms with Crippen molar-refractivity contribution in [1.29, 1.82) is 0 Å². The fourth-order valence-corrected chi connectivity index (χ4v) is 2.06. The monoisotopic (exact) mass is 278 g/mol. The van der Waals surface area contributed by atoms with E-state index in [1.807, 2.05) is 0 Å². The van der Waals surface area contributed by atoms with E-state index in [1.165, 1.54) is 6.08 Å². The summed E-state index contributed by atoms with van der Waals surface area (Å²) in [6.07, 6.45) is 3.57. The van der Waals surface area contributed by atoms with Crippen LogP contribution in [0.2, 0.25) is 0 Å². The van der Waals surface area contributed by atoms with Crippen LogP contribution in [0.3, 0.4) is 0 Å². The molecule has 1 aliphatic heterocycles. The minimum absolute atomic E-state index is 0.371. The highest BCUT2D eigenvalue weighted by molar-refractivity contribution is 5.86. The quantitative estimate of drug-likeness (QED) is 0.808. The van der Waals surface area contributed by atoms with Gasteiger partial charge in [-0.1, -0.05) is 12.1 Å². The van der Waals surface area contributed by atoms with Crippen molar-refractivity contribution >= 4 is 12.0 Å². The summed E-state index contributed by atoms with van der Waals surface area (Å²) in [7, 11) is 1.56. The fourth-order valence-electron chi connectivity index (χ4n) is 2.06. The molecule has 0 bridgehead atoms. The third kappa shape index (κ3) is 3.74. The first-order valence-corrected chi connectivity index (χ1v) is 6.49. The fraction of sp³-hybridized carbons (Fsp3) is 0.400. The van der Waals surface area contributed by atoms with Gasteiger partial charge < -0.3 is 19.3 Å². The molecule has 0 spiro atoms. The Balaban J connectivity index is 2.15. The Morgan fingerprint density at radius 3 is 3.05 bits per heavy atom. The second-order valence-electron chi connectivity index (χ2n) is 4.59. The smallest absolute Gasteiger partial charge is 0.328 e. The predicted molar refractivity (Wildman–Crippen MR) is 74.1 cm³/mol. The molecule has 0 radical (unpaired) electrons. The molecule has 0 amide bonds. The van der Waals surface area contributed by atoms with Crippen LogP contribution in [0.15, 0.2) is 24.3 Å². The zero-order chi connectivity index (χ0) is 14.4. The highest BCUT2D eigenvalue weighted by Gasteiger charge is 2.18. The Labute approximate surface area is 117 Å². The molecular formula is C15H18O5. The van der Waals surface area contributed by atoms with E-state index in [2.05, 4.69) is 0 Å². The van der Waals surface area contributed by atoms with Crippen molar-refractivity contribution < 1.29 is 24.1 Å². The van der Waals surface area contributed by atoms with Gasteiger partial charge in [-0.15, -0.1) is 0 Å². The van der Waals surface area contributed by atoms with Crippen LogP contribution in [0.4, 0.5) is 0 Å². The van der Waals surface area contributed by atoms with Gasteiger partial charge in [-0.2, -0.15) is 0 Å². The molecule has 0 aromatic heterocycles. The third-order valence-electron chi connectivity index (χ3n) is 3.12. The molecular weight excluding hydrogens is 260 g/mol. The van der Waals surface area contributed by atoms with Gasteiger partial charge in [0, 0.05) is 24.2 Å². The van der Waals surface area contributed by atoms with Gasteiger partial charge in [-0.05, 0) is 18.6 Å². The van der Waals surface area contributed by atoms with Crippen molar-refractivity contribution in [3.8, 4) is 11.5 Å². The summed E-state index contributed by atoms with van der Waals surface area (Å²) in [5, 5.41) is 8.72. The number of hydrogen-bond acceptors (Lipinski definition) is 4. The van der Waals surface area contributed by atoms with E-state index >= 15 is 0 Å². The van der Waals surface area contributed by atoms with E-state index in [1.54, 1.807) is 25.3 Å². The maximum absolute atomic E-state index is 10.6. The van der Waals surface area contributed by atoms with Gasteiger partial charge in [0.25, 0.3) is 0 Å². The number of hydrogen-bond donors (Lipinski definition) is 1. The second kappa shape index (κ2) is 6.96. The number of aliphatic carboxylic acids is 1. The first-order chi connectivity index (χ1) is 9.70. The standard InChI is InChI=1S/C15H18O5/c1-18-13-4-2-3-12(5-6-14(16)17)15(13)20-10-11-7-8-19-9-11/h2-6,11H,7-10H2,1H3,(H,16,17). The summed E-state index contributed by atoms with van der Waals surface area (Å²) in [5.74, 6) is 0.537. The SMILES string of the molecule is COc1cccc(C=CC(=O)O)c1OCC1CCOC1. The maximum atomic E-state index is 10.6. The van der Waals surface area contributed by atoms with Gasteiger partial charge in [0.05, 0.1) is 20.3 Å². The average molecular weight is 278 g/mol. The Kier molecular flexibility index (Phi) is 5.01. The molecule has 1 atom stereocenters. The zero-order valence-corrected chi connectivity index (χ0v) is 11.4. The van der Waals surface area contributed by atoms with Crippen molar-refractivity contribution in [2.24, 2.45) is 5.92 Å². The molecule has 1 unspecified atom stereocenters. The molecule has 1 fully saturated rings. The van der Waals surface area contributed by atoms with Crippen LogP contribution in [0.25, 0.3) is 6.08 Å². The molecule has 0 saturated carbocycles. The summed E-state index contributed by atoms with van der Waals surface area (Å²) in [6, 6.07) is 5.38. The number of carboxylic acid groups (broad SMARTS) is 1. The van der Waals surface area contributed by atoms with Gasteiger partial charge in [0.1, 0.15) is 0 Å². The predicted octanol–water partition coefficient (Wildman–Crippen LogP) is 2.21. The van der Waals surface area contributed by atoms with Crippen LogP contribution in [0, 0.1) is 5.92 Å². The number of ether oxygens (including phenoxy) is 3. The molecule has 1 saturated heterocycles. The zero-order valence-electron chi connectivity index (χ0n) is 11.4. The minimum atomic E-state index is -0.997. The first kappa shape index (κ1) is 14.4. The van der Waals surface area contributed by atoms with Crippen molar-refractivity contribution in [3.05, 3.63) is 29.8 Å². The van der Waals surface area contributed by atoms with Crippen LogP contribution < -0.4 is 9.47 Å². The first-order valence-electron chi connectivity index (χ1n) is 6.49. The molecule has 0 aliphatic carbocycles. The minimum Gasteiger partial charge on any atom is -0.493 e. The van der Waals surface area contributed by atoms with Crippen LogP contribution in [0.1, 0.15) is 12.0 Å². The van der Waals surface area contributed by atoms with Gasteiger partial charge in [-0.25, -0.2) is 4.79 Å². The molecule has 1 N–H and O–H groups in total. The lowest BCUT2D eigenvalue weighted by molar-refractivity contribution is -0.131. The van der Waals surface area contributed by atoms with Gasteiger partial charge in [0.15, 0.2) is 11.5 Å². The highest BCUT2D eigenvalue weighted by atomic mass is 16.5. The summed E-state index contributed by atoms with van der Waals surface area (Å²) in [5.41, 5.74) is 0.686. The largest absolute Gasteiger partial charge is 0.493 e. The Hall–Kier alpha value is -2.01. The number of benzene rings is 1. The van der Waals surface area contributed by atoms with Crippen molar-refractivity contribution in [2.45, 2.75) is 6.42 Å². The number of rotatable bonds is 6. The summed E-state index contributed by atoms with van der Waals surface area (Å²) in [4.78, 5) is 10.6. The third-order valence-corrected chi connectivity index (χ3v) is 3.12. The maximum Gasteiger partial charge on any atom is 0.328 e. The normalized spacial score (nSPS) is 18.4. The molecule has 1 aliphatic rings. The molecule has 20 heavy (non-hydrogen) atoms. The summed E-state index contributed by atoms with van der Waals surface area (Å²) in [6.45, 7) is 2.01. The van der Waals surface area contributed by atoms with Gasteiger partial charge >= 0.3 is 5.97 Å². The topological polar surface area (TPSA) is 65.0 Å². The summed E-state index contributed by atoms with van der Waals surface area (Å²) < 4.78 is 16.4. The second-order valence-corrected chi connectivity index (χ2v) is 4.59. The molecule has 1 aromatic rings. The highest BCUT2D eigenvalue weighted by Crippen LogP contribution is 2.32. The Morgan fingerprint density at radius 1 is 1.55 bits per heavy atom. The molecule has 5 nitrogen and oxygen atoms in total. The molecule has 1 aromatic carbocycles.